The van der Waals surface area contributed by atoms with Crippen LogP contribution in [0.2, 0.25) is 0 Å². The molecule has 0 aliphatic heterocycles. The van der Waals surface area contributed by atoms with E-state index in [0.29, 0.717) is 0 Å². The highest BCUT2D eigenvalue weighted by Crippen LogP contribution is 2.51. The molecule has 62 valence electrons. The highest BCUT2D eigenvalue weighted by molar-refractivity contribution is 8.63. The van der Waals surface area contributed by atoms with Gasteiger partial charge in [-0.25, -0.2) is 0 Å². The average Bonchev–Trinajstić information content (AvgIpc) is 1.89. The molecular formula is C7H17PS2. The fourth-order valence-corrected chi connectivity index (χ4v) is 2.61. The molecule has 3 heteroatoms. The maximum absolute atomic E-state index is 5.33. The second kappa shape index (κ2) is 5.62. The summed E-state index contributed by atoms with van der Waals surface area (Å²) in [4.78, 5) is 0. The van der Waals surface area contributed by atoms with Crippen molar-refractivity contribution in [1.29, 1.82) is 0 Å². The first-order chi connectivity index (χ1) is 4.62. The van der Waals surface area contributed by atoms with Gasteiger partial charge in [0.05, 0.1) is 0 Å². The molecule has 1 unspecified atom stereocenters. The number of hydrogen-bond donors (Lipinski definition) is 1. The molecule has 0 heterocycles. The van der Waals surface area contributed by atoms with Gasteiger partial charge in [-0.15, -0.1) is 12.2 Å². The molecule has 0 radical (unpaired) electrons. The van der Waals surface area contributed by atoms with Gasteiger partial charge in [-0.3, -0.25) is 0 Å². The lowest BCUT2D eigenvalue weighted by Gasteiger charge is -2.11. The summed E-state index contributed by atoms with van der Waals surface area (Å²) >= 11 is 9.82. The van der Waals surface area contributed by atoms with Crippen molar-refractivity contribution in [2.75, 3.05) is 12.3 Å². The number of hydrogen-bond acceptors (Lipinski definition) is 1. The third-order valence-corrected chi connectivity index (χ3v) is 6.38. The molecule has 1 atom stereocenters. The summed E-state index contributed by atoms with van der Waals surface area (Å²) in [6.07, 6.45) is 6.18. The Morgan fingerprint density at radius 1 is 1.30 bits per heavy atom. The van der Waals surface area contributed by atoms with E-state index in [9.17, 15) is 0 Å². The molecule has 0 fully saturated rings. The van der Waals surface area contributed by atoms with Crippen molar-refractivity contribution >= 4 is 29.3 Å². The van der Waals surface area contributed by atoms with Gasteiger partial charge >= 0.3 is 0 Å². The van der Waals surface area contributed by atoms with Crippen molar-refractivity contribution in [2.24, 2.45) is 0 Å². The van der Waals surface area contributed by atoms with Crippen molar-refractivity contribution in [3.63, 3.8) is 0 Å². The van der Waals surface area contributed by atoms with E-state index in [1.165, 1.54) is 25.4 Å². The Balaban J connectivity index is 3.38. The van der Waals surface area contributed by atoms with Crippen molar-refractivity contribution in [2.45, 2.75) is 33.1 Å². The molecule has 0 nitrogen and oxygen atoms in total. The van der Waals surface area contributed by atoms with Gasteiger partial charge in [0.25, 0.3) is 0 Å². The maximum Gasteiger partial charge on any atom is 0.00316 e. The fourth-order valence-electron chi connectivity index (χ4n) is 0.767. The Kier molecular flexibility index (Phi) is 6.19. The van der Waals surface area contributed by atoms with E-state index in [1.807, 2.05) is 0 Å². The van der Waals surface area contributed by atoms with Crippen LogP contribution in [0.25, 0.3) is 0 Å². The Hall–Kier alpha value is 1.00. The van der Waals surface area contributed by atoms with Crippen molar-refractivity contribution in [3.8, 4) is 0 Å². The van der Waals surface area contributed by atoms with Crippen molar-refractivity contribution in [1.82, 2.24) is 0 Å². The van der Waals surface area contributed by atoms with Crippen LogP contribution in [0.4, 0.5) is 0 Å². The van der Waals surface area contributed by atoms with Crippen LogP contribution in [-0.4, -0.2) is 12.3 Å². The monoisotopic (exact) mass is 196 g/mol. The zero-order chi connectivity index (χ0) is 8.04. The molecule has 0 aromatic heterocycles. The van der Waals surface area contributed by atoms with Gasteiger partial charge in [-0.1, -0.05) is 38.5 Å². The Bertz CT molecular complexity index is 123. The predicted octanol–water partition coefficient (Wildman–Crippen LogP) is 3.52. The summed E-state index contributed by atoms with van der Waals surface area (Å²) in [5, 5.41) is -1.18. The van der Waals surface area contributed by atoms with Crippen LogP contribution >= 0.6 is 17.5 Å². The molecule has 0 saturated carbocycles. The minimum atomic E-state index is -1.18. The molecule has 10 heavy (non-hydrogen) atoms. The Morgan fingerprint density at radius 2 is 1.90 bits per heavy atom. The first kappa shape index (κ1) is 11.0. The highest BCUT2D eigenvalue weighted by atomic mass is 32.9. The number of unbranched alkanes of at least 4 members (excludes halogenated alkanes) is 2. The van der Waals surface area contributed by atoms with E-state index in [0.717, 1.165) is 6.16 Å². The first-order valence-electron chi connectivity index (χ1n) is 3.93. The summed E-state index contributed by atoms with van der Waals surface area (Å²) in [6.45, 7) is 4.37. The third kappa shape index (κ3) is 5.76. The molecule has 0 N–H and O–H groups in total. The van der Waals surface area contributed by atoms with Gasteiger partial charge in [0.2, 0.25) is 0 Å². The first-order valence-corrected chi connectivity index (χ1v) is 8.25. The second-order valence-corrected chi connectivity index (χ2v) is 10.6. The predicted molar refractivity (Wildman–Crippen MR) is 58.2 cm³/mol. The lowest BCUT2D eigenvalue weighted by atomic mass is 10.3. The normalized spacial score (nSPS) is 16.7. The van der Waals surface area contributed by atoms with Crippen LogP contribution in [0, 0.1) is 0 Å². The molecule has 0 spiro atoms. The van der Waals surface area contributed by atoms with E-state index in [4.69, 9.17) is 11.8 Å². The Morgan fingerprint density at radius 3 is 2.30 bits per heavy atom. The van der Waals surface area contributed by atoms with Gasteiger partial charge in [0.1, 0.15) is 0 Å². The maximum atomic E-state index is 5.33. The molecule has 0 rings (SSSR count). The highest BCUT2D eigenvalue weighted by Gasteiger charge is 2.06. The average molecular weight is 196 g/mol. The van der Waals surface area contributed by atoms with Gasteiger partial charge in [-0.05, 0) is 18.7 Å². The molecular weight excluding hydrogens is 179 g/mol. The van der Waals surface area contributed by atoms with E-state index in [1.54, 1.807) is 0 Å². The quantitative estimate of drug-likeness (QED) is 0.399. The smallest absolute Gasteiger partial charge is 0.00316 e. The summed E-state index contributed by atoms with van der Waals surface area (Å²) < 4.78 is 0. The summed E-state index contributed by atoms with van der Waals surface area (Å²) in [7, 11) is 0. The van der Waals surface area contributed by atoms with Gasteiger partial charge in [-0.2, -0.15) is 0 Å². The molecule has 0 aromatic carbocycles. The molecule has 0 aromatic rings. The van der Waals surface area contributed by atoms with Gasteiger partial charge < -0.3 is 0 Å². The van der Waals surface area contributed by atoms with Crippen LogP contribution < -0.4 is 0 Å². The number of rotatable bonds is 5. The standard InChI is InChI=1S/C7H17PS2/c1-3-5-6-7-8(9,10)4-2/h3-7H2,1-2H3,(H,9,10). The number of thiol groups is 1. The van der Waals surface area contributed by atoms with Crippen LogP contribution in [0.3, 0.4) is 0 Å². The minimum Gasteiger partial charge on any atom is -0.141 e. The SMILES string of the molecule is CCCCCP(=S)(S)CC. The van der Waals surface area contributed by atoms with Gasteiger partial charge in [0.15, 0.2) is 0 Å². The second-order valence-electron chi connectivity index (χ2n) is 2.59. The van der Waals surface area contributed by atoms with Crippen molar-refractivity contribution < 1.29 is 0 Å². The van der Waals surface area contributed by atoms with E-state index >= 15 is 0 Å². The van der Waals surface area contributed by atoms with Crippen LogP contribution in [-0.2, 0) is 11.8 Å². The molecule has 0 aliphatic rings. The lowest BCUT2D eigenvalue weighted by molar-refractivity contribution is 0.776. The van der Waals surface area contributed by atoms with Gasteiger partial charge in [0, 0.05) is 5.24 Å². The van der Waals surface area contributed by atoms with Crippen LogP contribution in [0.5, 0.6) is 0 Å². The minimum absolute atomic E-state index is 1.11. The van der Waals surface area contributed by atoms with Crippen molar-refractivity contribution in [3.05, 3.63) is 0 Å². The molecule has 0 amide bonds. The van der Waals surface area contributed by atoms with E-state index in [2.05, 4.69) is 26.1 Å². The fraction of sp³-hybridized carbons (Fsp3) is 1.00. The molecule has 0 bridgehead atoms. The zero-order valence-electron chi connectivity index (χ0n) is 6.84. The zero-order valence-corrected chi connectivity index (χ0v) is 9.44. The third-order valence-electron chi connectivity index (χ3n) is 1.61. The van der Waals surface area contributed by atoms with Crippen LogP contribution in [0.15, 0.2) is 0 Å². The van der Waals surface area contributed by atoms with Crippen LogP contribution in [0.1, 0.15) is 33.1 Å². The van der Waals surface area contributed by atoms with E-state index in [-0.39, 0.29) is 0 Å². The lowest BCUT2D eigenvalue weighted by Crippen LogP contribution is -1.85. The molecule has 0 aliphatic carbocycles. The Labute approximate surface area is 75.0 Å². The largest absolute Gasteiger partial charge is 0.141 e. The summed E-state index contributed by atoms with van der Waals surface area (Å²) in [6, 6.07) is 0. The molecule has 0 saturated heterocycles. The van der Waals surface area contributed by atoms with E-state index < -0.39 is 5.24 Å². The topological polar surface area (TPSA) is 0 Å². The summed E-state index contributed by atoms with van der Waals surface area (Å²) in [5.74, 6) is 0. The summed E-state index contributed by atoms with van der Waals surface area (Å²) in [5.41, 5.74) is 0.